The van der Waals surface area contributed by atoms with Crippen LogP contribution in [0.5, 0.6) is 0 Å². The van der Waals surface area contributed by atoms with Gasteiger partial charge in [-0.15, -0.1) is 0 Å². The van der Waals surface area contributed by atoms with Gasteiger partial charge in [0, 0.05) is 25.7 Å². The molecule has 1 aromatic carbocycles. The molecule has 0 unspecified atom stereocenters. The third-order valence-electron chi connectivity index (χ3n) is 7.52. The SMILES string of the molecule is C[C@@H]1CCC[C@H](N2CCC[C@H](C(=O)N3CCC(Cc4ccccc4)CC3)C2)C1. The molecule has 154 valence electrons. The van der Waals surface area contributed by atoms with Crippen LogP contribution in [0.2, 0.25) is 0 Å². The molecule has 2 aliphatic heterocycles. The van der Waals surface area contributed by atoms with Crippen LogP contribution in [-0.4, -0.2) is 47.9 Å². The number of hydrogen-bond donors (Lipinski definition) is 0. The molecule has 0 bridgehead atoms. The van der Waals surface area contributed by atoms with Gasteiger partial charge >= 0.3 is 0 Å². The van der Waals surface area contributed by atoms with Crippen LogP contribution >= 0.6 is 0 Å². The van der Waals surface area contributed by atoms with Gasteiger partial charge in [0.15, 0.2) is 0 Å². The first kappa shape index (κ1) is 19.9. The minimum Gasteiger partial charge on any atom is -0.342 e. The van der Waals surface area contributed by atoms with Crippen molar-refractivity contribution in [1.82, 2.24) is 9.80 Å². The van der Waals surface area contributed by atoms with E-state index in [9.17, 15) is 4.79 Å². The third-order valence-corrected chi connectivity index (χ3v) is 7.52. The molecule has 0 aromatic heterocycles. The van der Waals surface area contributed by atoms with Gasteiger partial charge in [0.25, 0.3) is 0 Å². The first-order chi connectivity index (χ1) is 13.7. The van der Waals surface area contributed by atoms with Crippen molar-refractivity contribution in [2.75, 3.05) is 26.2 Å². The number of carbonyl (C=O) groups is 1. The van der Waals surface area contributed by atoms with Gasteiger partial charge in [0.05, 0.1) is 5.92 Å². The van der Waals surface area contributed by atoms with E-state index in [1.165, 1.54) is 50.6 Å². The van der Waals surface area contributed by atoms with Crippen molar-refractivity contribution in [3.8, 4) is 0 Å². The third kappa shape index (κ3) is 4.97. The second-order valence-corrected chi connectivity index (χ2v) is 9.72. The molecule has 2 saturated heterocycles. The summed E-state index contributed by atoms with van der Waals surface area (Å²) in [6.07, 6.45) is 11.2. The molecule has 3 aliphatic rings. The Morgan fingerprint density at radius 1 is 0.964 bits per heavy atom. The lowest BCUT2D eigenvalue weighted by Gasteiger charge is -2.42. The maximum atomic E-state index is 13.2. The van der Waals surface area contributed by atoms with Gasteiger partial charge in [-0.2, -0.15) is 0 Å². The maximum absolute atomic E-state index is 13.2. The zero-order valence-corrected chi connectivity index (χ0v) is 17.7. The van der Waals surface area contributed by atoms with E-state index >= 15 is 0 Å². The van der Waals surface area contributed by atoms with Gasteiger partial charge in [0.1, 0.15) is 0 Å². The molecule has 3 nitrogen and oxygen atoms in total. The molecule has 3 atom stereocenters. The minimum atomic E-state index is 0.247. The van der Waals surface area contributed by atoms with E-state index in [1.54, 1.807) is 0 Å². The molecule has 1 saturated carbocycles. The number of piperidine rings is 2. The van der Waals surface area contributed by atoms with E-state index in [2.05, 4.69) is 47.1 Å². The number of nitrogens with zero attached hydrogens (tertiary/aromatic N) is 2. The van der Waals surface area contributed by atoms with Gasteiger partial charge < -0.3 is 4.90 Å². The molecule has 3 heteroatoms. The Bertz CT molecular complexity index is 623. The van der Waals surface area contributed by atoms with Crippen LogP contribution in [-0.2, 0) is 11.2 Å². The highest BCUT2D eigenvalue weighted by Gasteiger charge is 2.34. The van der Waals surface area contributed by atoms with E-state index in [-0.39, 0.29) is 5.92 Å². The summed E-state index contributed by atoms with van der Waals surface area (Å²) in [5.41, 5.74) is 1.44. The van der Waals surface area contributed by atoms with Gasteiger partial charge in [-0.3, -0.25) is 9.69 Å². The van der Waals surface area contributed by atoms with E-state index in [1.807, 2.05) is 0 Å². The van der Waals surface area contributed by atoms with Gasteiger partial charge in [0.2, 0.25) is 5.91 Å². The second kappa shape index (κ2) is 9.43. The molecule has 2 heterocycles. The zero-order chi connectivity index (χ0) is 19.3. The Kier molecular flexibility index (Phi) is 6.72. The van der Waals surface area contributed by atoms with Crippen LogP contribution in [0.15, 0.2) is 30.3 Å². The van der Waals surface area contributed by atoms with Crippen molar-refractivity contribution in [2.24, 2.45) is 17.8 Å². The van der Waals surface area contributed by atoms with E-state index in [0.717, 1.165) is 56.8 Å². The fraction of sp³-hybridized carbons (Fsp3) is 0.720. The molecule has 1 amide bonds. The first-order valence-electron chi connectivity index (χ1n) is 11.8. The lowest BCUT2D eigenvalue weighted by Crippen LogP contribution is -2.50. The Hall–Kier alpha value is -1.35. The van der Waals surface area contributed by atoms with Crippen molar-refractivity contribution in [1.29, 1.82) is 0 Å². The fourth-order valence-electron chi connectivity index (χ4n) is 5.84. The highest BCUT2D eigenvalue weighted by Crippen LogP contribution is 2.31. The van der Waals surface area contributed by atoms with Crippen LogP contribution in [0.4, 0.5) is 0 Å². The number of benzene rings is 1. The summed E-state index contributed by atoms with van der Waals surface area (Å²) < 4.78 is 0. The van der Waals surface area contributed by atoms with E-state index < -0.39 is 0 Å². The Balaban J connectivity index is 1.26. The number of hydrogen-bond acceptors (Lipinski definition) is 2. The molecule has 3 fully saturated rings. The first-order valence-corrected chi connectivity index (χ1v) is 11.8. The Labute approximate surface area is 171 Å². The van der Waals surface area contributed by atoms with Crippen molar-refractivity contribution in [3.05, 3.63) is 35.9 Å². The lowest BCUT2D eigenvalue weighted by molar-refractivity contribution is -0.139. The summed E-state index contributed by atoms with van der Waals surface area (Å²) in [5, 5.41) is 0. The van der Waals surface area contributed by atoms with Crippen LogP contribution in [0.25, 0.3) is 0 Å². The number of carbonyl (C=O) groups excluding carboxylic acids is 1. The zero-order valence-electron chi connectivity index (χ0n) is 17.7. The molecular formula is C25H38N2O. The van der Waals surface area contributed by atoms with Crippen molar-refractivity contribution >= 4 is 5.91 Å². The Morgan fingerprint density at radius 3 is 2.50 bits per heavy atom. The summed E-state index contributed by atoms with van der Waals surface area (Å²) in [4.78, 5) is 18.1. The van der Waals surface area contributed by atoms with Gasteiger partial charge in [-0.25, -0.2) is 0 Å². The predicted octanol–water partition coefficient (Wildman–Crippen LogP) is 4.76. The quantitative estimate of drug-likeness (QED) is 0.750. The highest BCUT2D eigenvalue weighted by atomic mass is 16.2. The van der Waals surface area contributed by atoms with Gasteiger partial charge in [-0.1, -0.05) is 50.1 Å². The van der Waals surface area contributed by atoms with E-state index in [0.29, 0.717) is 5.91 Å². The van der Waals surface area contributed by atoms with Crippen LogP contribution < -0.4 is 0 Å². The summed E-state index contributed by atoms with van der Waals surface area (Å²) in [6.45, 7) is 6.55. The maximum Gasteiger partial charge on any atom is 0.226 e. The number of amides is 1. The summed E-state index contributed by atoms with van der Waals surface area (Å²) in [5.74, 6) is 2.29. The van der Waals surface area contributed by atoms with Crippen LogP contribution in [0.3, 0.4) is 0 Å². The van der Waals surface area contributed by atoms with Crippen molar-refractivity contribution in [2.45, 2.75) is 70.8 Å². The fourth-order valence-corrected chi connectivity index (χ4v) is 5.84. The molecular weight excluding hydrogens is 344 g/mol. The Morgan fingerprint density at radius 2 is 1.75 bits per heavy atom. The lowest BCUT2D eigenvalue weighted by atomic mass is 9.84. The number of rotatable bonds is 4. The monoisotopic (exact) mass is 382 g/mol. The largest absolute Gasteiger partial charge is 0.342 e. The molecule has 0 N–H and O–H groups in total. The number of likely N-dealkylation sites (tertiary alicyclic amines) is 2. The van der Waals surface area contributed by atoms with E-state index in [4.69, 9.17) is 0 Å². The highest BCUT2D eigenvalue weighted by molar-refractivity contribution is 5.79. The summed E-state index contributed by atoms with van der Waals surface area (Å²) in [6, 6.07) is 11.6. The predicted molar refractivity (Wildman–Crippen MR) is 115 cm³/mol. The second-order valence-electron chi connectivity index (χ2n) is 9.72. The van der Waals surface area contributed by atoms with Crippen molar-refractivity contribution in [3.63, 3.8) is 0 Å². The molecule has 4 rings (SSSR count). The molecule has 0 radical (unpaired) electrons. The molecule has 1 aliphatic carbocycles. The minimum absolute atomic E-state index is 0.247. The average Bonchev–Trinajstić information content (AvgIpc) is 2.75. The molecule has 0 spiro atoms. The normalized spacial score (nSPS) is 30.3. The van der Waals surface area contributed by atoms with Gasteiger partial charge in [-0.05, 0) is 68.9 Å². The molecule has 1 aromatic rings. The summed E-state index contributed by atoms with van der Waals surface area (Å²) in [7, 11) is 0. The van der Waals surface area contributed by atoms with Crippen LogP contribution in [0.1, 0.15) is 63.9 Å². The standard InChI is InChI=1S/C25H38N2O/c1-20-7-5-11-24(17-20)27-14-6-10-23(19-27)25(28)26-15-12-22(13-16-26)18-21-8-3-2-4-9-21/h2-4,8-9,20,22-24H,5-7,10-19H2,1H3/t20-,23+,24+/m1/s1. The topological polar surface area (TPSA) is 23.6 Å². The average molecular weight is 383 g/mol. The molecule has 28 heavy (non-hydrogen) atoms. The summed E-state index contributed by atoms with van der Waals surface area (Å²) >= 11 is 0. The smallest absolute Gasteiger partial charge is 0.226 e. The van der Waals surface area contributed by atoms with Crippen LogP contribution in [0, 0.1) is 17.8 Å². The van der Waals surface area contributed by atoms with Crippen molar-refractivity contribution < 1.29 is 4.79 Å².